The summed E-state index contributed by atoms with van der Waals surface area (Å²) in [5, 5.41) is 0.730. The van der Waals surface area contributed by atoms with E-state index in [0.717, 1.165) is 14.5 Å². The first kappa shape index (κ1) is 11.7. The highest BCUT2D eigenvalue weighted by atomic mass is 79.9. The SMILES string of the molecule is CC(C)c1nc(-c2ccccc2F)sc1Br. The number of aromatic nitrogens is 1. The van der Waals surface area contributed by atoms with E-state index in [9.17, 15) is 4.39 Å². The van der Waals surface area contributed by atoms with Gasteiger partial charge in [-0.2, -0.15) is 0 Å². The molecule has 1 heterocycles. The van der Waals surface area contributed by atoms with Gasteiger partial charge in [0.05, 0.1) is 9.48 Å². The van der Waals surface area contributed by atoms with Gasteiger partial charge in [-0.25, -0.2) is 9.37 Å². The maximum atomic E-state index is 13.6. The van der Waals surface area contributed by atoms with Gasteiger partial charge in [0.25, 0.3) is 0 Å². The van der Waals surface area contributed by atoms with E-state index in [1.165, 1.54) is 17.4 Å². The van der Waals surface area contributed by atoms with Gasteiger partial charge in [0, 0.05) is 5.56 Å². The molecule has 84 valence electrons. The first-order valence-corrected chi connectivity index (χ1v) is 6.61. The number of hydrogen-bond donors (Lipinski definition) is 0. The van der Waals surface area contributed by atoms with Crippen molar-refractivity contribution in [3.63, 3.8) is 0 Å². The van der Waals surface area contributed by atoms with Gasteiger partial charge in [0.15, 0.2) is 0 Å². The molecule has 1 aromatic carbocycles. The minimum Gasteiger partial charge on any atom is -0.239 e. The molecule has 1 aromatic heterocycles. The Morgan fingerprint density at radius 2 is 2.00 bits per heavy atom. The zero-order valence-corrected chi connectivity index (χ0v) is 11.4. The van der Waals surface area contributed by atoms with E-state index in [1.54, 1.807) is 12.1 Å². The molecule has 0 aliphatic heterocycles. The second kappa shape index (κ2) is 4.63. The fourth-order valence-corrected chi connectivity index (χ4v) is 3.40. The summed E-state index contributed by atoms with van der Waals surface area (Å²) in [5.41, 5.74) is 1.56. The molecule has 0 bridgehead atoms. The summed E-state index contributed by atoms with van der Waals surface area (Å²) in [6, 6.07) is 6.72. The number of rotatable bonds is 2. The smallest absolute Gasteiger partial charge is 0.133 e. The molecule has 0 aliphatic carbocycles. The highest BCUT2D eigenvalue weighted by molar-refractivity contribution is 9.11. The topological polar surface area (TPSA) is 12.9 Å². The zero-order chi connectivity index (χ0) is 11.7. The van der Waals surface area contributed by atoms with E-state index in [-0.39, 0.29) is 5.82 Å². The number of halogens is 2. The highest BCUT2D eigenvalue weighted by Gasteiger charge is 2.15. The molecule has 0 saturated carbocycles. The van der Waals surface area contributed by atoms with Crippen LogP contribution in [0, 0.1) is 5.82 Å². The average molecular weight is 300 g/mol. The second-order valence-corrected chi connectivity index (χ2v) is 6.13. The number of nitrogens with zero attached hydrogens (tertiary/aromatic N) is 1. The van der Waals surface area contributed by atoms with Crippen LogP contribution in [0.3, 0.4) is 0 Å². The predicted molar refractivity (Wildman–Crippen MR) is 69.3 cm³/mol. The molecule has 0 aliphatic rings. The summed E-state index contributed by atoms with van der Waals surface area (Å²) >= 11 is 4.95. The third kappa shape index (κ3) is 2.18. The lowest BCUT2D eigenvalue weighted by atomic mass is 10.1. The van der Waals surface area contributed by atoms with Crippen molar-refractivity contribution in [1.29, 1.82) is 0 Å². The summed E-state index contributed by atoms with van der Waals surface area (Å²) in [4.78, 5) is 4.47. The van der Waals surface area contributed by atoms with Crippen molar-refractivity contribution in [3.8, 4) is 10.6 Å². The Labute approximate surface area is 106 Å². The van der Waals surface area contributed by atoms with Crippen LogP contribution >= 0.6 is 27.3 Å². The standard InChI is InChI=1S/C12H11BrFNS/c1-7(2)10-11(13)16-12(15-10)8-5-3-4-6-9(8)14/h3-7H,1-2H3. The largest absolute Gasteiger partial charge is 0.239 e. The van der Waals surface area contributed by atoms with Gasteiger partial charge in [0.1, 0.15) is 10.8 Å². The molecule has 0 spiro atoms. The number of thiazole rings is 1. The molecule has 0 fully saturated rings. The third-order valence-corrected chi connectivity index (χ3v) is 4.05. The first-order valence-electron chi connectivity index (χ1n) is 5.00. The quantitative estimate of drug-likeness (QED) is 0.773. The molecule has 0 unspecified atom stereocenters. The van der Waals surface area contributed by atoms with Gasteiger partial charge in [-0.05, 0) is 34.0 Å². The van der Waals surface area contributed by atoms with Crippen LogP contribution in [0.25, 0.3) is 10.6 Å². The Balaban J connectivity index is 2.50. The Hall–Kier alpha value is -0.740. The molecular formula is C12H11BrFNS. The lowest BCUT2D eigenvalue weighted by Gasteiger charge is -1.99. The molecular weight excluding hydrogens is 289 g/mol. The van der Waals surface area contributed by atoms with Crippen LogP contribution in [0.1, 0.15) is 25.5 Å². The maximum Gasteiger partial charge on any atom is 0.133 e. The van der Waals surface area contributed by atoms with E-state index in [2.05, 4.69) is 34.8 Å². The van der Waals surface area contributed by atoms with Crippen LogP contribution in [0.4, 0.5) is 4.39 Å². The Morgan fingerprint density at radius 1 is 1.31 bits per heavy atom. The number of benzene rings is 1. The highest BCUT2D eigenvalue weighted by Crippen LogP contribution is 2.36. The van der Waals surface area contributed by atoms with Crippen LogP contribution in [0.2, 0.25) is 0 Å². The van der Waals surface area contributed by atoms with Crippen molar-refractivity contribution >= 4 is 27.3 Å². The Kier molecular flexibility index (Phi) is 3.40. The van der Waals surface area contributed by atoms with Crippen LogP contribution in [-0.4, -0.2) is 4.98 Å². The Morgan fingerprint density at radius 3 is 2.56 bits per heavy atom. The maximum absolute atomic E-state index is 13.6. The molecule has 2 rings (SSSR count). The van der Waals surface area contributed by atoms with Gasteiger partial charge in [-0.3, -0.25) is 0 Å². The molecule has 2 aromatic rings. The molecule has 0 radical (unpaired) electrons. The van der Waals surface area contributed by atoms with Crippen LogP contribution < -0.4 is 0 Å². The van der Waals surface area contributed by atoms with Crippen molar-refractivity contribution in [2.45, 2.75) is 19.8 Å². The van der Waals surface area contributed by atoms with Crippen molar-refractivity contribution in [3.05, 3.63) is 39.6 Å². The van der Waals surface area contributed by atoms with Crippen LogP contribution in [-0.2, 0) is 0 Å². The van der Waals surface area contributed by atoms with Crippen molar-refractivity contribution < 1.29 is 4.39 Å². The van der Waals surface area contributed by atoms with Gasteiger partial charge >= 0.3 is 0 Å². The van der Waals surface area contributed by atoms with Gasteiger partial charge in [-0.1, -0.05) is 26.0 Å². The average Bonchev–Trinajstić information content (AvgIpc) is 2.61. The lowest BCUT2D eigenvalue weighted by molar-refractivity contribution is 0.631. The molecule has 0 N–H and O–H groups in total. The molecule has 1 nitrogen and oxygen atoms in total. The zero-order valence-electron chi connectivity index (χ0n) is 9.00. The van der Waals surface area contributed by atoms with Gasteiger partial charge in [-0.15, -0.1) is 11.3 Å². The molecule has 16 heavy (non-hydrogen) atoms. The molecule has 0 atom stereocenters. The van der Waals surface area contributed by atoms with Crippen molar-refractivity contribution in [2.24, 2.45) is 0 Å². The minimum atomic E-state index is -0.223. The lowest BCUT2D eigenvalue weighted by Crippen LogP contribution is -1.89. The summed E-state index contributed by atoms with van der Waals surface area (Å²) in [5.74, 6) is 0.116. The molecule has 0 amide bonds. The first-order chi connectivity index (χ1) is 7.59. The summed E-state index contributed by atoms with van der Waals surface area (Å²) < 4.78 is 14.6. The molecule has 0 saturated heterocycles. The van der Waals surface area contributed by atoms with Crippen LogP contribution in [0.15, 0.2) is 28.1 Å². The normalized spacial score (nSPS) is 11.1. The van der Waals surface area contributed by atoms with E-state index < -0.39 is 0 Å². The van der Waals surface area contributed by atoms with Gasteiger partial charge < -0.3 is 0 Å². The fraction of sp³-hybridized carbons (Fsp3) is 0.250. The van der Waals surface area contributed by atoms with E-state index in [0.29, 0.717) is 11.5 Å². The summed E-state index contributed by atoms with van der Waals surface area (Å²) in [6.45, 7) is 4.15. The van der Waals surface area contributed by atoms with E-state index in [4.69, 9.17) is 0 Å². The van der Waals surface area contributed by atoms with Crippen molar-refractivity contribution in [1.82, 2.24) is 4.98 Å². The van der Waals surface area contributed by atoms with E-state index in [1.807, 2.05) is 6.07 Å². The molecule has 4 heteroatoms. The second-order valence-electron chi connectivity index (χ2n) is 3.81. The van der Waals surface area contributed by atoms with Gasteiger partial charge in [0.2, 0.25) is 0 Å². The Bertz CT molecular complexity index is 507. The fourth-order valence-electron chi connectivity index (χ4n) is 1.42. The van der Waals surface area contributed by atoms with Crippen molar-refractivity contribution in [2.75, 3.05) is 0 Å². The van der Waals surface area contributed by atoms with Crippen LogP contribution in [0.5, 0.6) is 0 Å². The third-order valence-electron chi connectivity index (χ3n) is 2.26. The summed E-state index contributed by atoms with van der Waals surface area (Å²) in [7, 11) is 0. The summed E-state index contributed by atoms with van der Waals surface area (Å²) in [6.07, 6.45) is 0. The monoisotopic (exact) mass is 299 g/mol. The predicted octanol–water partition coefficient (Wildman–Crippen LogP) is 4.84. The number of hydrogen-bond acceptors (Lipinski definition) is 2. The van der Waals surface area contributed by atoms with E-state index >= 15 is 0 Å². The minimum absolute atomic E-state index is 0.223.